The number of benzene rings is 2. The summed E-state index contributed by atoms with van der Waals surface area (Å²) >= 11 is 0. The highest BCUT2D eigenvalue weighted by molar-refractivity contribution is 5.76. The van der Waals surface area contributed by atoms with Crippen LogP contribution in [0.1, 0.15) is 11.5 Å². The van der Waals surface area contributed by atoms with Crippen molar-refractivity contribution in [2.75, 3.05) is 0 Å². The lowest BCUT2D eigenvalue weighted by Gasteiger charge is -2.07. The minimum atomic E-state index is -4.69. The van der Waals surface area contributed by atoms with Gasteiger partial charge in [-0.1, -0.05) is 41.6 Å². The molecule has 0 aliphatic heterocycles. The Labute approximate surface area is 149 Å². The molecule has 0 fully saturated rings. The van der Waals surface area contributed by atoms with Crippen molar-refractivity contribution in [2.24, 2.45) is 0 Å². The Balaban J connectivity index is 1.59. The van der Waals surface area contributed by atoms with E-state index in [2.05, 4.69) is 19.6 Å². The molecule has 0 aliphatic rings. The van der Waals surface area contributed by atoms with E-state index in [-0.39, 0.29) is 17.9 Å². The summed E-state index contributed by atoms with van der Waals surface area (Å²) in [5.41, 5.74) is 1.60. The lowest BCUT2D eigenvalue weighted by atomic mass is 10.1. The molecule has 2 aromatic heterocycles. The van der Waals surface area contributed by atoms with Gasteiger partial charge in [0.05, 0.1) is 23.8 Å². The van der Waals surface area contributed by atoms with Gasteiger partial charge >= 0.3 is 12.1 Å². The number of aromatic nitrogens is 4. The summed E-state index contributed by atoms with van der Waals surface area (Å²) in [6, 6.07) is 13.5. The summed E-state index contributed by atoms with van der Waals surface area (Å²) in [6.07, 6.45) is -3.22. The fraction of sp³-hybridized carbons (Fsp3) is 0.111. The minimum absolute atomic E-state index is 0.154. The first-order chi connectivity index (χ1) is 12.9. The number of hydrogen-bond donors (Lipinski definition) is 0. The van der Waals surface area contributed by atoms with Gasteiger partial charge in [0.25, 0.3) is 5.56 Å². The average molecular weight is 372 g/mol. The Morgan fingerprint density at radius 2 is 1.78 bits per heavy atom. The average Bonchev–Trinajstić information content (AvgIpc) is 3.15. The first-order valence-corrected chi connectivity index (χ1v) is 7.86. The molecule has 0 amide bonds. The van der Waals surface area contributed by atoms with E-state index in [1.165, 1.54) is 10.9 Å². The lowest BCUT2D eigenvalue weighted by Crippen LogP contribution is -2.21. The van der Waals surface area contributed by atoms with Crippen molar-refractivity contribution in [2.45, 2.75) is 12.7 Å². The van der Waals surface area contributed by atoms with Crippen LogP contribution in [-0.2, 0) is 12.7 Å². The van der Waals surface area contributed by atoms with Crippen LogP contribution in [0.5, 0.6) is 0 Å². The largest absolute Gasteiger partial charge is 0.471 e. The van der Waals surface area contributed by atoms with Crippen molar-refractivity contribution in [3.8, 4) is 11.4 Å². The van der Waals surface area contributed by atoms with Gasteiger partial charge in [0.15, 0.2) is 0 Å². The van der Waals surface area contributed by atoms with Gasteiger partial charge in [-0.15, -0.1) is 0 Å². The van der Waals surface area contributed by atoms with Crippen LogP contribution >= 0.6 is 0 Å². The van der Waals surface area contributed by atoms with Gasteiger partial charge in [0.2, 0.25) is 5.82 Å². The van der Waals surface area contributed by atoms with E-state index in [9.17, 15) is 18.0 Å². The third-order valence-electron chi connectivity index (χ3n) is 3.97. The zero-order chi connectivity index (χ0) is 19.0. The number of hydrogen-bond acceptors (Lipinski definition) is 5. The quantitative estimate of drug-likeness (QED) is 0.550. The van der Waals surface area contributed by atoms with E-state index in [0.717, 1.165) is 5.56 Å². The normalized spacial score (nSPS) is 11.8. The van der Waals surface area contributed by atoms with Gasteiger partial charge in [-0.25, -0.2) is 4.98 Å². The van der Waals surface area contributed by atoms with Crippen molar-refractivity contribution >= 4 is 10.9 Å². The lowest BCUT2D eigenvalue weighted by molar-refractivity contribution is -0.159. The number of alkyl halides is 3. The van der Waals surface area contributed by atoms with Gasteiger partial charge in [0, 0.05) is 5.56 Å². The second-order valence-corrected chi connectivity index (χ2v) is 5.81. The summed E-state index contributed by atoms with van der Waals surface area (Å²) in [5, 5.41) is 3.86. The SMILES string of the molecule is O=c1c2ccccc2ncn1Cc1ccc(-c2noc(C(F)(F)F)n2)cc1. The zero-order valence-corrected chi connectivity index (χ0v) is 13.6. The standard InChI is InChI=1S/C18H11F3N4O2/c19-18(20,21)17-23-15(24-27-17)12-7-5-11(6-8-12)9-25-10-22-14-4-2-1-3-13(14)16(25)26/h1-8,10H,9H2. The van der Waals surface area contributed by atoms with Gasteiger partial charge < -0.3 is 4.52 Å². The molecule has 6 nitrogen and oxygen atoms in total. The third-order valence-corrected chi connectivity index (χ3v) is 3.97. The maximum absolute atomic E-state index is 12.5. The fourth-order valence-corrected chi connectivity index (χ4v) is 2.63. The Hall–Kier alpha value is -3.49. The van der Waals surface area contributed by atoms with Gasteiger partial charge in [-0.2, -0.15) is 18.2 Å². The van der Waals surface area contributed by atoms with Crippen LogP contribution in [0.4, 0.5) is 13.2 Å². The van der Waals surface area contributed by atoms with Crippen LogP contribution in [0.2, 0.25) is 0 Å². The Morgan fingerprint density at radius 1 is 1.04 bits per heavy atom. The summed E-state index contributed by atoms with van der Waals surface area (Å²) in [5.74, 6) is -1.55. The summed E-state index contributed by atoms with van der Waals surface area (Å²) in [7, 11) is 0. The molecule has 0 unspecified atom stereocenters. The van der Waals surface area contributed by atoms with Crippen LogP contribution in [0.15, 0.2) is 64.2 Å². The smallest absolute Gasteiger partial charge is 0.329 e. The first-order valence-electron chi connectivity index (χ1n) is 7.86. The molecule has 0 saturated carbocycles. The van der Waals surface area contributed by atoms with Crippen molar-refractivity contribution in [3.05, 3.63) is 76.7 Å². The third kappa shape index (κ3) is 3.31. The molecule has 4 rings (SSSR count). The van der Waals surface area contributed by atoms with Crippen molar-refractivity contribution < 1.29 is 17.7 Å². The van der Waals surface area contributed by atoms with Crippen LogP contribution < -0.4 is 5.56 Å². The van der Waals surface area contributed by atoms with Crippen molar-refractivity contribution in [3.63, 3.8) is 0 Å². The molecular weight excluding hydrogens is 361 g/mol. The van der Waals surface area contributed by atoms with Crippen LogP contribution in [0, 0.1) is 0 Å². The highest BCUT2D eigenvalue weighted by atomic mass is 19.4. The minimum Gasteiger partial charge on any atom is -0.329 e. The van der Waals surface area contributed by atoms with E-state index in [1.807, 2.05) is 0 Å². The van der Waals surface area contributed by atoms with Crippen LogP contribution in [0.25, 0.3) is 22.3 Å². The molecule has 0 saturated heterocycles. The number of fused-ring (bicyclic) bond motifs is 1. The molecule has 4 aromatic rings. The topological polar surface area (TPSA) is 73.8 Å². The molecule has 0 spiro atoms. The Kier molecular flexibility index (Phi) is 3.98. The summed E-state index contributed by atoms with van der Waals surface area (Å²) in [6.45, 7) is 0.275. The number of halogens is 3. The molecule has 136 valence electrons. The molecule has 0 aliphatic carbocycles. The van der Waals surface area contributed by atoms with Crippen molar-refractivity contribution in [1.29, 1.82) is 0 Å². The van der Waals surface area contributed by atoms with E-state index in [4.69, 9.17) is 0 Å². The highest BCUT2D eigenvalue weighted by Gasteiger charge is 2.38. The zero-order valence-electron chi connectivity index (χ0n) is 13.6. The van der Waals surface area contributed by atoms with E-state index in [0.29, 0.717) is 16.5 Å². The maximum Gasteiger partial charge on any atom is 0.471 e. The predicted molar refractivity (Wildman–Crippen MR) is 89.8 cm³/mol. The van der Waals surface area contributed by atoms with E-state index >= 15 is 0 Å². The second kappa shape index (κ2) is 6.35. The fourth-order valence-electron chi connectivity index (χ4n) is 2.63. The molecule has 27 heavy (non-hydrogen) atoms. The molecule has 0 atom stereocenters. The Morgan fingerprint density at radius 3 is 2.48 bits per heavy atom. The highest BCUT2D eigenvalue weighted by Crippen LogP contribution is 2.29. The molecule has 0 radical (unpaired) electrons. The van der Waals surface area contributed by atoms with Crippen LogP contribution in [-0.4, -0.2) is 19.7 Å². The van der Waals surface area contributed by atoms with Crippen LogP contribution in [0.3, 0.4) is 0 Å². The number of rotatable bonds is 3. The molecule has 9 heteroatoms. The monoisotopic (exact) mass is 372 g/mol. The number of para-hydroxylation sites is 1. The maximum atomic E-state index is 12.5. The Bertz CT molecular complexity index is 1160. The molecule has 0 N–H and O–H groups in total. The second-order valence-electron chi connectivity index (χ2n) is 5.81. The van der Waals surface area contributed by atoms with E-state index in [1.54, 1.807) is 48.5 Å². The molecule has 2 aromatic carbocycles. The summed E-state index contributed by atoms with van der Waals surface area (Å²) < 4.78 is 43.3. The van der Waals surface area contributed by atoms with Gasteiger partial charge in [-0.3, -0.25) is 9.36 Å². The van der Waals surface area contributed by atoms with Gasteiger partial charge in [0.1, 0.15) is 0 Å². The molecular formula is C18H11F3N4O2. The van der Waals surface area contributed by atoms with Gasteiger partial charge in [-0.05, 0) is 17.7 Å². The number of nitrogens with zero attached hydrogens (tertiary/aromatic N) is 4. The molecule has 0 bridgehead atoms. The van der Waals surface area contributed by atoms with E-state index < -0.39 is 12.1 Å². The van der Waals surface area contributed by atoms with Crippen molar-refractivity contribution in [1.82, 2.24) is 19.7 Å². The first kappa shape index (κ1) is 17.0. The predicted octanol–water partition coefficient (Wildman–Crippen LogP) is 3.51. The molecule has 2 heterocycles. The summed E-state index contributed by atoms with van der Waals surface area (Å²) in [4.78, 5) is 20.1.